The Bertz CT molecular complexity index is 520. The lowest BCUT2D eigenvalue weighted by atomic mass is 10.2. The zero-order chi connectivity index (χ0) is 13.1. The molecule has 1 aromatic heterocycles. The van der Waals surface area contributed by atoms with Crippen molar-refractivity contribution in [2.75, 3.05) is 0 Å². The lowest BCUT2D eigenvalue weighted by Crippen LogP contribution is -2.21. The standard InChI is InChI=1S/C12H13Cl2N3S/c1-7(2)15-6-10-16-17-12(18-10)11-8(13)4-3-5-9(11)14/h3-5,7,15H,6H2,1-2H3. The number of nitrogens with zero attached hydrogens (tertiary/aromatic N) is 2. The second-order valence-electron chi connectivity index (χ2n) is 4.13. The number of nitrogens with one attached hydrogen (secondary N) is 1. The average molecular weight is 302 g/mol. The van der Waals surface area contributed by atoms with Crippen molar-refractivity contribution in [3.63, 3.8) is 0 Å². The van der Waals surface area contributed by atoms with Gasteiger partial charge in [-0.2, -0.15) is 0 Å². The Morgan fingerprint density at radius 3 is 2.50 bits per heavy atom. The number of halogens is 2. The molecule has 0 spiro atoms. The van der Waals surface area contributed by atoms with Gasteiger partial charge in [0.1, 0.15) is 5.01 Å². The van der Waals surface area contributed by atoms with Crippen LogP contribution in [0.5, 0.6) is 0 Å². The van der Waals surface area contributed by atoms with Crippen molar-refractivity contribution >= 4 is 34.5 Å². The fourth-order valence-electron chi connectivity index (χ4n) is 1.42. The largest absolute Gasteiger partial charge is 0.308 e. The summed E-state index contributed by atoms with van der Waals surface area (Å²) in [5.41, 5.74) is 0.758. The van der Waals surface area contributed by atoms with Crippen LogP contribution in [0.15, 0.2) is 18.2 Å². The molecule has 2 aromatic rings. The topological polar surface area (TPSA) is 37.8 Å². The molecule has 1 aromatic carbocycles. The molecule has 0 unspecified atom stereocenters. The minimum atomic E-state index is 0.418. The summed E-state index contributed by atoms with van der Waals surface area (Å²) in [7, 11) is 0. The van der Waals surface area contributed by atoms with Crippen molar-refractivity contribution < 1.29 is 0 Å². The molecule has 0 saturated heterocycles. The normalized spacial score (nSPS) is 11.2. The SMILES string of the molecule is CC(C)NCc1nnc(-c2c(Cl)cccc2Cl)s1. The highest BCUT2D eigenvalue weighted by atomic mass is 35.5. The van der Waals surface area contributed by atoms with Gasteiger partial charge in [0.15, 0.2) is 5.01 Å². The molecule has 0 aliphatic heterocycles. The van der Waals surface area contributed by atoms with Crippen molar-refractivity contribution in [2.24, 2.45) is 0 Å². The van der Waals surface area contributed by atoms with Crippen molar-refractivity contribution in [1.82, 2.24) is 15.5 Å². The Balaban J connectivity index is 2.24. The van der Waals surface area contributed by atoms with Crippen LogP contribution in [0.1, 0.15) is 18.9 Å². The van der Waals surface area contributed by atoms with E-state index < -0.39 is 0 Å². The van der Waals surface area contributed by atoms with E-state index in [-0.39, 0.29) is 0 Å². The third kappa shape index (κ3) is 3.20. The summed E-state index contributed by atoms with van der Waals surface area (Å²) in [6.45, 7) is 4.89. The fraction of sp³-hybridized carbons (Fsp3) is 0.333. The van der Waals surface area contributed by atoms with Crippen molar-refractivity contribution in [2.45, 2.75) is 26.4 Å². The summed E-state index contributed by atoms with van der Waals surface area (Å²) in [6.07, 6.45) is 0. The summed E-state index contributed by atoms with van der Waals surface area (Å²) >= 11 is 13.8. The van der Waals surface area contributed by atoms with Crippen molar-refractivity contribution in [3.05, 3.63) is 33.3 Å². The third-order valence-corrected chi connectivity index (χ3v) is 3.88. The zero-order valence-electron chi connectivity index (χ0n) is 10.1. The second-order valence-corrected chi connectivity index (χ2v) is 6.01. The molecule has 0 radical (unpaired) electrons. The maximum atomic E-state index is 6.14. The Morgan fingerprint density at radius 1 is 1.22 bits per heavy atom. The summed E-state index contributed by atoms with van der Waals surface area (Å²) in [5, 5.41) is 14.5. The molecule has 2 rings (SSSR count). The molecule has 0 aliphatic carbocycles. The number of aromatic nitrogens is 2. The lowest BCUT2D eigenvalue weighted by Gasteiger charge is -2.04. The predicted molar refractivity (Wildman–Crippen MR) is 77.3 cm³/mol. The molecule has 96 valence electrons. The average Bonchev–Trinajstić information content (AvgIpc) is 2.75. The van der Waals surface area contributed by atoms with Crippen LogP contribution in [-0.4, -0.2) is 16.2 Å². The van der Waals surface area contributed by atoms with E-state index in [4.69, 9.17) is 23.2 Å². The third-order valence-electron chi connectivity index (χ3n) is 2.31. The first kappa shape index (κ1) is 13.7. The first-order chi connectivity index (χ1) is 8.58. The van der Waals surface area contributed by atoms with Gasteiger partial charge in [0.05, 0.1) is 10.0 Å². The molecule has 3 nitrogen and oxygen atoms in total. The van der Waals surface area contributed by atoms with E-state index in [1.54, 1.807) is 12.1 Å². The van der Waals surface area contributed by atoms with Crippen LogP contribution in [0.3, 0.4) is 0 Å². The van der Waals surface area contributed by atoms with Gasteiger partial charge in [-0.3, -0.25) is 0 Å². The highest BCUT2D eigenvalue weighted by molar-refractivity contribution is 7.14. The summed E-state index contributed by atoms with van der Waals surface area (Å²) < 4.78 is 0. The maximum absolute atomic E-state index is 6.14. The first-order valence-corrected chi connectivity index (χ1v) is 7.15. The fourth-order valence-corrected chi connectivity index (χ4v) is 2.97. The summed E-state index contributed by atoms with van der Waals surface area (Å²) in [6, 6.07) is 5.84. The minimum absolute atomic E-state index is 0.418. The van der Waals surface area contributed by atoms with Gasteiger partial charge >= 0.3 is 0 Å². The van der Waals surface area contributed by atoms with Crippen LogP contribution in [-0.2, 0) is 6.54 Å². The number of benzene rings is 1. The molecule has 0 bridgehead atoms. The smallest absolute Gasteiger partial charge is 0.150 e. The van der Waals surface area contributed by atoms with Crippen molar-refractivity contribution in [3.8, 4) is 10.6 Å². The van der Waals surface area contributed by atoms with Gasteiger partial charge in [-0.15, -0.1) is 10.2 Å². The van der Waals surface area contributed by atoms with E-state index in [9.17, 15) is 0 Å². The van der Waals surface area contributed by atoms with Crippen molar-refractivity contribution in [1.29, 1.82) is 0 Å². The van der Waals surface area contributed by atoms with Gasteiger partial charge in [0.25, 0.3) is 0 Å². The second kappa shape index (κ2) is 5.97. The zero-order valence-corrected chi connectivity index (χ0v) is 12.4. The van der Waals surface area contributed by atoms with Gasteiger partial charge in [0.2, 0.25) is 0 Å². The van der Waals surface area contributed by atoms with E-state index >= 15 is 0 Å². The molecular formula is C12H13Cl2N3S. The Hall–Kier alpha value is -0.680. The Morgan fingerprint density at radius 2 is 1.89 bits per heavy atom. The van der Waals surface area contributed by atoms with Gasteiger partial charge in [-0.05, 0) is 12.1 Å². The van der Waals surface area contributed by atoms with Crippen LogP contribution >= 0.6 is 34.5 Å². The van der Waals surface area contributed by atoms with Crippen LogP contribution < -0.4 is 5.32 Å². The lowest BCUT2D eigenvalue weighted by molar-refractivity contribution is 0.585. The summed E-state index contributed by atoms with van der Waals surface area (Å²) in [4.78, 5) is 0. The number of hydrogen-bond acceptors (Lipinski definition) is 4. The molecule has 0 saturated carbocycles. The Kier molecular flexibility index (Phi) is 4.56. The Labute approximate surface area is 120 Å². The van der Waals surface area contributed by atoms with E-state index in [1.165, 1.54) is 11.3 Å². The van der Waals surface area contributed by atoms with Gasteiger partial charge in [0, 0.05) is 18.2 Å². The highest BCUT2D eigenvalue weighted by Crippen LogP contribution is 2.35. The first-order valence-electron chi connectivity index (χ1n) is 5.58. The molecule has 0 fully saturated rings. The maximum Gasteiger partial charge on any atom is 0.150 e. The minimum Gasteiger partial charge on any atom is -0.308 e. The molecule has 0 amide bonds. The molecule has 6 heteroatoms. The van der Waals surface area contributed by atoms with Crippen LogP contribution in [0.2, 0.25) is 10.0 Å². The van der Waals surface area contributed by atoms with Crippen LogP contribution in [0.4, 0.5) is 0 Å². The van der Waals surface area contributed by atoms with E-state index in [0.29, 0.717) is 22.6 Å². The molecule has 1 heterocycles. The monoisotopic (exact) mass is 301 g/mol. The molecule has 0 atom stereocenters. The van der Waals surface area contributed by atoms with Gasteiger partial charge in [-0.1, -0.05) is 54.5 Å². The summed E-state index contributed by atoms with van der Waals surface area (Å²) in [5.74, 6) is 0. The van der Waals surface area contributed by atoms with E-state index in [2.05, 4.69) is 29.4 Å². The van der Waals surface area contributed by atoms with Gasteiger partial charge < -0.3 is 5.32 Å². The quantitative estimate of drug-likeness (QED) is 0.927. The van der Waals surface area contributed by atoms with E-state index in [1.807, 2.05) is 6.07 Å². The van der Waals surface area contributed by atoms with Gasteiger partial charge in [-0.25, -0.2) is 0 Å². The molecule has 1 N–H and O–H groups in total. The van der Waals surface area contributed by atoms with E-state index in [0.717, 1.165) is 15.6 Å². The molecule has 0 aliphatic rings. The van der Waals surface area contributed by atoms with Crippen LogP contribution in [0, 0.1) is 0 Å². The highest BCUT2D eigenvalue weighted by Gasteiger charge is 2.13. The number of hydrogen-bond donors (Lipinski definition) is 1. The predicted octanol–water partition coefficient (Wildman–Crippen LogP) is 4.01. The number of rotatable bonds is 4. The molecule has 18 heavy (non-hydrogen) atoms. The van der Waals surface area contributed by atoms with Crippen LogP contribution in [0.25, 0.3) is 10.6 Å². The molecular weight excluding hydrogens is 289 g/mol.